The van der Waals surface area contributed by atoms with Crippen LogP contribution >= 0.6 is 0 Å². The van der Waals surface area contributed by atoms with Crippen molar-refractivity contribution in [3.05, 3.63) is 29.8 Å². The van der Waals surface area contributed by atoms with E-state index >= 15 is 0 Å². The van der Waals surface area contributed by atoms with Gasteiger partial charge in [0.05, 0.1) is 13.2 Å². The highest BCUT2D eigenvalue weighted by atomic mass is 16.5. The SMILES string of the molecule is COCCc1ccc(OCCCC(C)=O)cc1. The fraction of sp³-hybridized carbons (Fsp3) is 0.500. The molecule has 0 saturated carbocycles. The normalized spacial score (nSPS) is 10.2. The highest BCUT2D eigenvalue weighted by Gasteiger charge is 1.97. The molecule has 0 aliphatic heterocycles. The monoisotopic (exact) mass is 236 g/mol. The van der Waals surface area contributed by atoms with E-state index in [0.29, 0.717) is 13.0 Å². The maximum Gasteiger partial charge on any atom is 0.129 e. The highest BCUT2D eigenvalue weighted by Crippen LogP contribution is 2.13. The van der Waals surface area contributed by atoms with Crippen LogP contribution in [-0.4, -0.2) is 26.1 Å². The van der Waals surface area contributed by atoms with Gasteiger partial charge in [-0.05, 0) is 37.5 Å². The van der Waals surface area contributed by atoms with Crippen molar-refractivity contribution in [3.8, 4) is 5.75 Å². The molecule has 0 atom stereocenters. The second-order valence-electron chi connectivity index (χ2n) is 4.04. The second-order valence-corrected chi connectivity index (χ2v) is 4.04. The van der Waals surface area contributed by atoms with Gasteiger partial charge in [0.2, 0.25) is 0 Å². The number of hydrogen-bond donors (Lipinski definition) is 0. The number of rotatable bonds is 8. The summed E-state index contributed by atoms with van der Waals surface area (Å²) in [6.45, 7) is 2.93. The molecule has 0 amide bonds. The van der Waals surface area contributed by atoms with Gasteiger partial charge < -0.3 is 14.3 Å². The van der Waals surface area contributed by atoms with Crippen LogP contribution in [0.4, 0.5) is 0 Å². The summed E-state index contributed by atoms with van der Waals surface area (Å²) in [5, 5.41) is 0. The smallest absolute Gasteiger partial charge is 0.129 e. The standard InChI is InChI=1S/C14H20O3/c1-12(15)4-3-10-17-14-7-5-13(6-8-14)9-11-16-2/h5-8H,3-4,9-11H2,1-2H3. The molecule has 1 rings (SSSR count). The second kappa shape index (κ2) is 7.85. The molecule has 0 saturated heterocycles. The molecule has 0 aliphatic rings. The van der Waals surface area contributed by atoms with Crippen LogP contribution in [0.15, 0.2) is 24.3 Å². The van der Waals surface area contributed by atoms with Gasteiger partial charge in [0.25, 0.3) is 0 Å². The minimum atomic E-state index is 0.212. The number of Topliss-reactive ketones (excluding diaryl/α,β-unsaturated/α-hetero) is 1. The fourth-order valence-corrected chi connectivity index (χ4v) is 1.48. The van der Waals surface area contributed by atoms with Crippen molar-refractivity contribution in [2.24, 2.45) is 0 Å². The van der Waals surface area contributed by atoms with E-state index in [2.05, 4.69) is 0 Å². The maximum atomic E-state index is 10.7. The number of ketones is 1. The third-order valence-electron chi connectivity index (χ3n) is 2.46. The van der Waals surface area contributed by atoms with E-state index in [0.717, 1.165) is 25.2 Å². The van der Waals surface area contributed by atoms with Crippen molar-refractivity contribution in [3.63, 3.8) is 0 Å². The molecule has 0 aromatic heterocycles. The molecule has 3 nitrogen and oxygen atoms in total. The summed E-state index contributed by atoms with van der Waals surface area (Å²) in [5.41, 5.74) is 1.24. The zero-order valence-electron chi connectivity index (χ0n) is 10.6. The van der Waals surface area contributed by atoms with Crippen molar-refractivity contribution in [1.29, 1.82) is 0 Å². The van der Waals surface area contributed by atoms with Crippen molar-refractivity contribution in [2.75, 3.05) is 20.3 Å². The Morgan fingerprint density at radius 2 is 1.88 bits per heavy atom. The van der Waals surface area contributed by atoms with Gasteiger partial charge in [0, 0.05) is 13.5 Å². The zero-order valence-corrected chi connectivity index (χ0v) is 10.6. The molecule has 1 aromatic rings. The summed E-state index contributed by atoms with van der Waals surface area (Å²) in [6.07, 6.45) is 2.29. The molecule has 94 valence electrons. The number of methoxy groups -OCH3 is 1. The lowest BCUT2D eigenvalue weighted by Gasteiger charge is -2.06. The number of ether oxygens (including phenoxy) is 2. The Balaban J connectivity index is 2.27. The van der Waals surface area contributed by atoms with Crippen LogP contribution in [0.2, 0.25) is 0 Å². The first-order valence-corrected chi connectivity index (χ1v) is 5.92. The van der Waals surface area contributed by atoms with Crippen LogP contribution in [0.25, 0.3) is 0 Å². The first kappa shape index (κ1) is 13.7. The quantitative estimate of drug-likeness (QED) is 0.651. The summed E-state index contributed by atoms with van der Waals surface area (Å²) >= 11 is 0. The van der Waals surface area contributed by atoms with Crippen molar-refractivity contribution < 1.29 is 14.3 Å². The van der Waals surface area contributed by atoms with Crippen LogP contribution in [0.3, 0.4) is 0 Å². The number of carbonyl (C=O) groups excluding carboxylic acids is 1. The van der Waals surface area contributed by atoms with E-state index in [9.17, 15) is 4.79 Å². The molecule has 17 heavy (non-hydrogen) atoms. The molecule has 0 spiro atoms. The Morgan fingerprint density at radius 1 is 1.18 bits per heavy atom. The molecule has 1 aromatic carbocycles. The van der Waals surface area contributed by atoms with Gasteiger partial charge in [-0.2, -0.15) is 0 Å². The zero-order chi connectivity index (χ0) is 12.5. The van der Waals surface area contributed by atoms with Crippen LogP contribution in [0.5, 0.6) is 5.75 Å². The van der Waals surface area contributed by atoms with Crippen molar-refractivity contribution >= 4 is 5.78 Å². The Labute approximate surface area is 103 Å². The Kier molecular flexibility index (Phi) is 6.33. The third-order valence-corrected chi connectivity index (χ3v) is 2.46. The fourth-order valence-electron chi connectivity index (χ4n) is 1.48. The van der Waals surface area contributed by atoms with Gasteiger partial charge in [-0.1, -0.05) is 12.1 Å². The number of benzene rings is 1. The molecule has 0 bridgehead atoms. The summed E-state index contributed by atoms with van der Waals surface area (Å²) in [4.78, 5) is 10.7. The Morgan fingerprint density at radius 3 is 2.47 bits per heavy atom. The van der Waals surface area contributed by atoms with E-state index in [4.69, 9.17) is 9.47 Å². The molecule has 0 fully saturated rings. The Hall–Kier alpha value is -1.35. The van der Waals surface area contributed by atoms with Gasteiger partial charge in [0.1, 0.15) is 11.5 Å². The lowest BCUT2D eigenvalue weighted by Crippen LogP contribution is -2.00. The third kappa shape index (κ3) is 6.07. The average Bonchev–Trinajstić information content (AvgIpc) is 2.33. The predicted octanol–water partition coefficient (Wildman–Crippen LogP) is 2.62. The Bertz CT molecular complexity index is 330. The summed E-state index contributed by atoms with van der Waals surface area (Å²) in [6, 6.07) is 8.00. The first-order chi connectivity index (χ1) is 8.22. The molecule has 0 unspecified atom stereocenters. The molecule has 0 N–H and O–H groups in total. The lowest BCUT2D eigenvalue weighted by atomic mass is 10.1. The predicted molar refractivity (Wildman–Crippen MR) is 67.4 cm³/mol. The largest absolute Gasteiger partial charge is 0.494 e. The van der Waals surface area contributed by atoms with Crippen molar-refractivity contribution in [2.45, 2.75) is 26.2 Å². The van der Waals surface area contributed by atoms with Crippen LogP contribution in [0.1, 0.15) is 25.3 Å². The molecule has 0 heterocycles. The minimum Gasteiger partial charge on any atom is -0.494 e. The van der Waals surface area contributed by atoms with Crippen molar-refractivity contribution in [1.82, 2.24) is 0 Å². The van der Waals surface area contributed by atoms with Gasteiger partial charge in [0.15, 0.2) is 0 Å². The lowest BCUT2D eigenvalue weighted by molar-refractivity contribution is -0.117. The van der Waals surface area contributed by atoms with Gasteiger partial charge in [-0.25, -0.2) is 0 Å². The molecule has 0 aliphatic carbocycles. The maximum absolute atomic E-state index is 10.7. The van der Waals surface area contributed by atoms with Crippen LogP contribution in [0, 0.1) is 0 Å². The summed E-state index contributed by atoms with van der Waals surface area (Å²) in [5.74, 6) is 1.07. The summed E-state index contributed by atoms with van der Waals surface area (Å²) in [7, 11) is 1.70. The van der Waals surface area contributed by atoms with E-state index in [1.807, 2.05) is 24.3 Å². The van der Waals surface area contributed by atoms with E-state index in [1.165, 1.54) is 5.56 Å². The topological polar surface area (TPSA) is 35.5 Å². The molecule has 0 radical (unpaired) electrons. The van der Waals surface area contributed by atoms with Gasteiger partial charge >= 0.3 is 0 Å². The minimum absolute atomic E-state index is 0.212. The van der Waals surface area contributed by atoms with Gasteiger partial charge in [-0.15, -0.1) is 0 Å². The van der Waals surface area contributed by atoms with Gasteiger partial charge in [-0.3, -0.25) is 0 Å². The van der Waals surface area contributed by atoms with E-state index in [-0.39, 0.29) is 5.78 Å². The van der Waals surface area contributed by atoms with E-state index in [1.54, 1.807) is 14.0 Å². The van der Waals surface area contributed by atoms with E-state index < -0.39 is 0 Å². The van der Waals surface area contributed by atoms with Crippen LogP contribution in [-0.2, 0) is 16.0 Å². The first-order valence-electron chi connectivity index (χ1n) is 5.92. The van der Waals surface area contributed by atoms with Crippen LogP contribution < -0.4 is 4.74 Å². The summed E-state index contributed by atoms with van der Waals surface area (Å²) < 4.78 is 10.5. The molecular formula is C14H20O3. The highest BCUT2D eigenvalue weighted by molar-refractivity contribution is 5.75. The number of hydrogen-bond acceptors (Lipinski definition) is 3. The molecule has 3 heteroatoms. The molecular weight excluding hydrogens is 216 g/mol. The average molecular weight is 236 g/mol. The number of carbonyl (C=O) groups is 1.